The minimum Gasteiger partial charge on any atom is -0.374 e. The summed E-state index contributed by atoms with van der Waals surface area (Å²) >= 11 is 0. The van der Waals surface area contributed by atoms with E-state index in [1.165, 1.54) is 0 Å². The zero-order valence-corrected chi connectivity index (χ0v) is 13.9. The number of rotatable bonds is 7. The number of benzene rings is 2. The van der Waals surface area contributed by atoms with Crippen LogP contribution >= 0.6 is 0 Å². The Bertz CT molecular complexity index is 602. The average Bonchev–Trinajstić information content (AvgIpc) is 2.89. The lowest BCUT2D eigenvalue weighted by Crippen LogP contribution is -2.29. The summed E-state index contributed by atoms with van der Waals surface area (Å²) in [7, 11) is 0. The van der Waals surface area contributed by atoms with Crippen molar-refractivity contribution in [1.29, 1.82) is 0 Å². The van der Waals surface area contributed by atoms with Gasteiger partial charge in [-0.3, -0.25) is 0 Å². The molecule has 0 aliphatic carbocycles. The van der Waals surface area contributed by atoms with Crippen molar-refractivity contribution in [3.05, 3.63) is 71.8 Å². The molecule has 1 saturated heterocycles. The minimum absolute atomic E-state index is 0.0690. The summed E-state index contributed by atoms with van der Waals surface area (Å²) in [6, 6.07) is 20.0. The summed E-state index contributed by atoms with van der Waals surface area (Å²) in [4.78, 5) is 0. The third-order valence-electron chi connectivity index (χ3n) is 4.38. The van der Waals surface area contributed by atoms with Crippen LogP contribution in [0.15, 0.2) is 60.7 Å². The van der Waals surface area contributed by atoms with Crippen molar-refractivity contribution >= 4 is 0 Å². The quantitative estimate of drug-likeness (QED) is 0.848. The number of aliphatic hydroxyl groups excluding tert-OH is 1. The zero-order chi connectivity index (χ0) is 16.8. The van der Waals surface area contributed by atoms with Gasteiger partial charge in [0, 0.05) is 5.92 Å². The maximum atomic E-state index is 10.1. The lowest BCUT2D eigenvalue weighted by atomic mass is 10.0. The Morgan fingerprint density at radius 2 is 1.50 bits per heavy atom. The molecular weight excluding hydrogens is 304 g/mol. The van der Waals surface area contributed by atoms with Crippen LogP contribution in [0.4, 0.5) is 0 Å². The van der Waals surface area contributed by atoms with Gasteiger partial charge in [0.05, 0.1) is 25.9 Å². The van der Waals surface area contributed by atoms with E-state index >= 15 is 0 Å². The van der Waals surface area contributed by atoms with Gasteiger partial charge in [0.25, 0.3) is 0 Å². The van der Waals surface area contributed by atoms with Crippen molar-refractivity contribution in [2.24, 2.45) is 5.92 Å². The van der Waals surface area contributed by atoms with Crippen LogP contribution in [0, 0.1) is 5.92 Å². The van der Waals surface area contributed by atoms with Crippen LogP contribution in [0.1, 0.15) is 18.1 Å². The molecule has 4 nitrogen and oxygen atoms in total. The summed E-state index contributed by atoms with van der Waals surface area (Å²) in [5.74, 6) is 0.0690. The Labute approximate surface area is 143 Å². The van der Waals surface area contributed by atoms with Crippen LogP contribution in [0.25, 0.3) is 0 Å². The van der Waals surface area contributed by atoms with E-state index in [0.717, 1.165) is 11.1 Å². The van der Waals surface area contributed by atoms with Gasteiger partial charge >= 0.3 is 0 Å². The van der Waals surface area contributed by atoms with Crippen molar-refractivity contribution in [2.75, 3.05) is 6.61 Å². The Balaban J connectivity index is 1.46. The summed E-state index contributed by atoms with van der Waals surface area (Å²) in [5.41, 5.74) is 2.21. The maximum absolute atomic E-state index is 10.1. The Hall–Kier alpha value is -1.72. The van der Waals surface area contributed by atoms with Crippen LogP contribution in [-0.2, 0) is 27.4 Å². The molecule has 24 heavy (non-hydrogen) atoms. The second kappa shape index (κ2) is 8.40. The van der Waals surface area contributed by atoms with Gasteiger partial charge in [-0.05, 0) is 11.1 Å². The van der Waals surface area contributed by atoms with Crippen molar-refractivity contribution in [3.63, 3.8) is 0 Å². The number of hydrogen-bond acceptors (Lipinski definition) is 4. The molecule has 1 unspecified atom stereocenters. The topological polar surface area (TPSA) is 47.9 Å². The largest absolute Gasteiger partial charge is 0.374 e. The van der Waals surface area contributed by atoms with Crippen molar-refractivity contribution in [2.45, 2.75) is 38.6 Å². The predicted octanol–water partition coefficient (Wildman–Crippen LogP) is 3.14. The summed E-state index contributed by atoms with van der Waals surface area (Å²) in [5, 5.41) is 10.1. The third kappa shape index (κ3) is 4.42. The highest BCUT2D eigenvalue weighted by atomic mass is 16.7. The molecule has 1 heterocycles. The molecule has 3 rings (SSSR count). The van der Waals surface area contributed by atoms with Crippen LogP contribution in [0.5, 0.6) is 0 Å². The molecule has 2 aromatic rings. The van der Waals surface area contributed by atoms with Gasteiger partial charge < -0.3 is 19.3 Å². The molecule has 0 spiro atoms. The summed E-state index contributed by atoms with van der Waals surface area (Å²) in [6.45, 7) is 3.48. The number of hydrogen-bond donors (Lipinski definition) is 1. The molecule has 0 amide bonds. The van der Waals surface area contributed by atoms with Gasteiger partial charge in [0.2, 0.25) is 0 Å². The van der Waals surface area contributed by atoms with E-state index in [4.69, 9.17) is 14.2 Å². The van der Waals surface area contributed by atoms with Crippen molar-refractivity contribution in [3.8, 4) is 0 Å². The smallest absolute Gasteiger partial charge is 0.181 e. The molecule has 1 aliphatic rings. The maximum Gasteiger partial charge on any atom is 0.181 e. The molecule has 0 bridgehead atoms. The normalized spacial score (nSPS) is 26.6. The monoisotopic (exact) mass is 328 g/mol. The highest BCUT2D eigenvalue weighted by Crippen LogP contribution is 2.29. The zero-order valence-electron chi connectivity index (χ0n) is 13.9. The molecule has 4 heteroatoms. The highest BCUT2D eigenvalue weighted by molar-refractivity contribution is 5.14. The van der Waals surface area contributed by atoms with Gasteiger partial charge in [-0.25, -0.2) is 0 Å². The van der Waals surface area contributed by atoms with Crippen LogP contribution < -0.4 is 0 Å². The third-order valence-corrected chi connectivity index (χ3v) is 4.38. The van der Waals surface area contributed by atoms with Crippen LogP contribution in [-0.4, -0.2) is 30.2 Å². The summed E-state index contributed by atoms with van der Waals surface area (Å²) < 4.78 is 17.2. The van der Waals surface area contributed by atoms with Gasteiger partial charge in [-0.2, -0.15) is 0 Å². The van der Waals surface area contributed by atoms with E-state index < -0.39 is 6.29 Å². The predicted molar refractivity (Wildman–Crippen MR) is 91.2 cm³/mol. The first-order valence-corrected chi connectivity index (χ1v) is 8.35. The first kappa shape index (κ1) is 17.1. The van der Waals surface area contributed by atoms with E-state index in [9.17, 15) is 5.11 Å². The second-order valence-electron chi connectivity index (χ2n) is 6.19. The molecular formula is C20H24O4. The molecule has 2 aromatic carbocycles. The lowest BCUT2D eigenvalue weighted by molar-refractivity contribution is -0.152. The summed E-state index contributed by atoms with van der Waals surface area (Å²) in [6.07, 6.45) is -1.41. The van der Waals surface area contributed by atoms with Crippen molar-refractivity contribution in [1.82, 2.24) is 0 Å². The van der Waals surface area contributed by atoms with Crippen molar-refractivity contribution < 1.29 is 19.3 Å². The van der Waals surface area contributed by atoms with E-state index in [1.54, 1.807) is 0 Å². The fourth-order valence-electron chi connectivity index (χ4n) is 2.91. The van der Waals surface area contributed by atoms with E-state index in [2.05, 4.69) is 0 Å². The molecule has 0 radical (unpaired) electrons. The first-order chi connectivity index (χ1) is 11.7. The lowest BCUT2D eigenvalue weighted by Gasteiger charge is -2.19. The Morgan fingerprint density at radius 1 is 0.917 bits per heavy atom. The van der Waals surface area contributed by atoms with Crippen LogP contribution in [0.3, 0.4) is 0 Å². The van der Waals surface area contributed by atoms with E-state index in [-0.39, 0.29) is 18.1 Å². The number of aliphatic hydroxyl groups is 1. The molecule has 1 fully saturated rings. The van der Waals surface area contributed by atoms with Gasteiger partial charge in [-0.15, -0.1) is 0 Å². The molecule has 128 valence electrons. The SMILES string of the molecule is C[C@@H]1[C@@H](COCc2ccccc2)OC(O)[C@@H]1OCc1ccccc1. The van der Waals surface area contributed by atoms with E-state index in [1.807, 2.05) is 67.6 Å². The first-order valence-electron chi connectivity index (χ1n) is 8.35. The fraction of sp³-hybridized carbons (Fsp3) is 0.400. The molecule has 0 saturated carbocycles. The minimum atomic E-state index is -0.908. The highest BCUT2D eigenvalue weighted by Gasteiger charge is 2.41. The number of ether oxygens (including phenoxy) is 3. The second-order valence-corrected chi connectivity index (χ2v) is 6.19. The molecule has 1 N–H and O–H groups in total. The molecule has 1 aliphatic heterocycles. The fourth-order valence-corrected chi connectivity index (χ4v) is 2.91. The van der Waals surface area contributed by atoms with Gasteiger partial charge in [0.15, 0.2) is 6.29 Å². The van der Waals surface area contributed by atoms with E-state index in [0.29, 0.717) is 19.8 Å². The molecule has 0 aromatic heterocycles. The standard InChI is InChI=1S/C20H24O4/c1-15-18(14-22-12-16-8-4-2-5-9-16)24-20(21)19(15)23-13-17-10-6-3-7-11-17/h2-11,15,18-21H,12-14H2,1H3/t15-,18-,19-,20?/m1/s1. The average molecular weight is 328 g/mol. The van der Waals surface area contributed by atoms with Gasteiger partial charge in [0.1, 0.15) is 6.10 Å². The molecule has 4 atom stereocenters. The Morgan fingerprint density at radius 3 is 2.12 bits per heavy atom. The van der Waals surface area contributed by atoms with Gasteiger partial charge in [-0.1, -0.05) is 67.6 Å². The van der Waals surface area contributed by atoms with Crippen LogP contribution in [0.2, 0.25) is 0 Å². The Kier molecular flexibility index (Phi) is 5.99.